The zero-order valence-electron chi connectivity index (χ0n) is 13.0. The molecule has 0 aromatic carbocycles. The van der Waals surface area contributed by atoms with Crippen LogP contribution in [0.2, 0.25) is 0 Å². The first-order valence-corrected chi connectivity index (χ1v) is 8.07. The maximum Gasteiger partial charge on any atom is 0.303 e. The highest BCUT2D eigenvalue weighted by Crippen LogP contribution is 2.46. The first-order valence-electron chi connectivity index (χ1n) is 8.07. The van der Waals surface area contributed by atoms with Crippen molar-refractivity contribution in [3.8, 4) is 0 Å². The van der Waals surface area contributed by atoms with Gasteiger partial charge in [0.05, 0.1) is 5.41 Å². The van der Waals surface area contributed by atoms with Gasteiger partial charge in [-0.3, -0.25) is 9.59 Å². The molecule has 2 rings (SSSR count). The summed E-state index contributed by atoms with van der Waals surface area (Å²) in [5.74, 6) is -0.113. The Kier molecular flexibility index (Phi) is 5.62. The zero-order chi connectivity index (χ0) is 15.3. The number of aliphatic carboxylic acids is 1. The zero-order valence-corrected chi connectivity index (χ0v) is 13.0. The Morgan fingerprint density at radius 1 is 1.33 bits per heavy atom. The molecule has 1 saturated carbocycles. The van der Waals surface area contributed by atoms with E-state index in [2.05, 4.69) is 0 Å². The molecule has 0 spiro atoms. The standard InChI is InChI=1S/C16H27NO4/c1-21-11-9-16(7-3-8-16)15(20)17-10-2-4-13(12-17)5-6-14(18)19/h13H,2-12H2,1H3,(H,18,19)/t13-/m1/s1. The number of hydrogen-bond acceptors (Lipinski definition) is 3. The average molecular weight is 297 g/mol. The van der Waals surface area contributed by atoms with Gasteiger partial charge in [0.1, 0.15) is 0 Å². The van der Waals surface area contributed by atoms with E-state index in [0.717, 1.165) is 51.6 Å². The van der Waals surface area contributed by atoms with Gasteiger partial charge in [-0.25, -0.2) is 0 Å². The molecule has 1 aliphatic heterocycles. The number of nitrogens with zero attached hydrogens (tertiary/aromatic N) is 1. The second-order valence-corrected chi connectivity index (χ2v) is 6.57. The first kappa shape index (κ1) is 16.3. The minimum absolute atomic E-state index is 0.190. The summed E-state index contributed by atoms with van der Waals surface area (Å²) in [4.78, 5) is 25.5. The first-order chi connectivity index (χ1) is 10.1. The van der Waals surface area contributed by atoms with E-state index in [9.17, 15) is 9.59 Å². The van der Waals surface area contributed by atoms with E-state index in [1.807, 2.05) is 4.90 Å². The summed E-state index contributed by atoms with van der Waals surface area (Å²) >= 11 is 0. The van der Waals surface area contributed by atoms with E-state index in [1.54, 1.807) is 7.11 Å². The molecule has 1 aliphatic carbocycles. The highest BCUT2D eigenvalue weighted by molar-refractivity contribution is 5.83. The number of carboxylic acid groups (broad SMARTS) is 1. The number of carbonyl (C=O) groups is 2. The fraction of sp³-hybridized carbons (Fsp3) is 0.875. The number of rotatable bonds is 7. The minimum atomic E-state index is -0.742. The van der Waals surface area contributed by atoms with Crippen LogP contribution in [0.1, 0.15) is 51.4 Å². The van der Waals surface area contributed by atoms with Gasteiger partial charge in [-0.2, -0.15) is 0 Å². The van der Waals surface area contributed by atoms with E-state index in [0.29, 0.717) is 18.9 Å². The molecule has 0 aromatic heterocycles. The van der Waals surface area contributed by atoms with E-state index in [1.165, 1.54) is 0 Å². The third-order valence-electron chi connectivity index (χ3n) is 5.12. The molecular formula is C16H27NO4. The summed E-state index contributed by atoms with van der Waals surface area (Å²) < 4.78 is 5.16. The smallest absolute Gasteiger partial charge is 0.303 e. The number of ether oxygens (including phenoxy) is 1. The van der Waals surface area contributed by atoms with Crippen molar-refractivity contribution in [1.29, 1.82) is 0 Å². The Bertz CT molecular complexity index is 378. The monoisotopic (exact) mass is 297 g/mol. The lowest BCUT2D eigenvalue weighted by atomic mass is 9.65. The van der Waals surface area contributed by atoms with Crippen molar-refractivity contribution in [3.05, 3.63) is 0 Å². The molecule has 0 unspecified atom stereocenters. The number of carbonyl (C=O) groups excluding carboxylic acids is 1. The van der Waals surface area contributed by atoms with E-state index < -0.39 is 5.97 Å². The van der Waals surface area contributed by atoms with Gasteiger partial charge in [0, 0.05) is 33.2 Å². The minimum Gasteiger partial charge on any atom is -0.481 e. The third-order valence-corrected chi connectivity index (χ3v) is 5.12. The van der Waals surface area contributed by atoms with Crippen LogP contribution in [0.3, 0.4) is 0 Å². The highest BCUT2D eigenvalue weighted by Gasteiger charge is 2.46. The Balaban J connectivity index is 1.90. The van der Waals surface area contributed by atoms with Gasteiger partial charge in [0.15, 0.2) is 0 Å². The fourth-order valence-electron chi connectivity index (χ4n) is 3.62. The second kappa shape index (κ2) is 7.25. The van der Waals surface area contributed by atoms with Gasteiger partial charge >= 0.3 is 5.97 Å². The van der Waals surface area contributed by atoms with Gasteiger partial charge in [-0.1, -0.05) is 6.42 Å². The maximum absolute atomic E-state index is 12.8. The topological polar surface area (TPSA) is 66.8 Å². The van der Waals surface area contributed by atoms with Gasteiger partial charge < -0.3 is 14.7 Å². The Morgan fingerprint density at radius 2 is 2.10 bits per heavy atom. The van der Waals surface area contributed by atoms with Gasteiger partial charge in [0.2, 0.25) is 5.91 Å². The van der Waals surface area contributed by atoms with Crippen molar-refractivity contribution >= 4 is 11.9 Å². The molecule has 5 heteroatoms. The van der Waals surface area contributed by atoms with Crippen molar-refractivity contribution < 1.29 is 19.4 Å². The van der Waals surface area contributed by atoms with Gasteiger partial charge in [0.25, 0.3) is 0 Å². The van der Waals surface area contributed by atoms with E-state index >= 15 is 0 Å². The molecule has 2 fully saturated rings. The van der Waals surface area contributed by atoms with E-state index in [4.69, 9.17) is 9.84 Å². The number of likely N-dealkylation sites (tertiary alicyclic amines) is 1. The summed E-state index contributed by atoms with van der Waals surface area (Å²) in [5, 5.41) is 8.80. The lowest BCUT2D eigenvalue weighted by Crippen LogP contribution is -2.51. The molecule has 2 aliphatic rings. The van der Waals surface area contributed by atoms with Crippen LogP contribution in [-0.2, 0) is 14.3 Å². The molecule has 1 N–H and O–H groups in total. The molecule has 1 amide bonds. The number of hydrogen-bond donors (Lipinski definition) is 1. The van der Waals surface area contributed by atoms with Crippen LogP contribution in [0, 0.1) is 11.3 Å². The lowest BCUT2D eigenvalue weighted by molar-refractivity contribution is -0.151. The van der Waals surface area contributed by atoms with Crippen LogP contribution >= 0.6 is 0 Å². The summed E-state index contributed by atoms with van der Waals surface area (Å²) in [6.07, 6.45) is 6.84. The molecule has 1 saturated heterocycles. The molecule has 0 radical (unpaired) electrons. The van der Waals surface area contributed by atoms with Crippen LogP contribution in [0.4, 0.5) is 0 Å². The molecular weight excluding hydrogens is 270 g/mol. The van der Waals surface area contributed by atoms with Crippen molar-refractivity contribution in [2.45, 2.75) is 51.4 Å². The average Bonchev–Trinajstić information content (AvgIpc) is 2.44. The summed E-state index contributed by atoms with van der Waals surface area (Å²) in [6, 6.07) is 0. The van der Waals surface area contributed by atoms with Crippen LogP contribution in [0.25, 0.3) is 0 Å². The molecule has 1 atom stereocenters. The number of piperidine rings is 1. The van der Waals surface area contributed by atoms with Crippen molar-refractivity contribution in [2.24, 2.45) is 11.3 Å². The maximum atomic E-state index is 12.8. The SMILES string of the molecule is COCCC1(C(=O)N2CCC[C@H](CCC(=O)O)C2)CCC1. The molecule has 1 heterocycles. The fourth-order valence-corrected chi connectivity index (χ4v) is 3.62. The Morgan fingerprint density at radius 3 is 2.67 bits per heavy atom. The molecule has 0 aromatic rings. The molecule has 5 nitrogen and oxygen atoms in total. The Hall–Kier alpha value is -1.10. The predicted octanol–water partition coefficient (Wildman–Crippen LogP) is 2.30. The van der Waals surface area contributed by atoms with Crippen LogP contribution in [0.5, 0.6) is 0 Å². The lowest BCUT2D eigenvalue weighted by Gasteiger charge is -2.45. The second-order valence-electron chi connectivity index (χ2n) is 6.57. The van der Waals surface area contributed by atoms with Crippen molar-refractivity contribution in [3.63, 3.8) is 0 Å². The van der Waals surface area contributed by atoms with Crippen LogP contribution in [-0.4, -0.2) is 48.7 Å². The largest absolute Gasteiger partial charge is 0.481 e. The summed E-state index contributed by atoms with van der Waals surface area (Å²) in [5.41, 5.74) is -0.190. The van der Waals surface area contributed by atoms with E-state index in [-0.39, 0.29) is 17.7 Å². The molecule has 0 bridgehead atoms. The third kappa shape index (κ3) is 3.96. The molecule has 21 heavy (non-hydrogen) atoms. The van der Waals surface area contributed by atoms with Gasteiger partial charge in [-0.15, -0.1) is 0 Å². The highest BCUT2D eigenvalue weighted by atomic mass is 16.5. The van der Waals surface area contributed by atoms with Gasteiger partial charge in [-0.05, 0) is 44.4 Å². The number of amides is 1. The normalized spacial score (nSPS) is 24.4. The predicted molar refractivity (Wildman–Crippen MR) is 79.0 cm³/mol. The summed E-state index contributed by atoms with van der Waals surface area (Å²) in [6.45, 7) is 2.21. The number of carboxylic acids is 1. The van der Waals surface area contributed by atoms with Crippen LogP contribution in [0.15, 0.2) is 0 Å². The van der Waals surface area contributed by atoms with Crippen molar-refractivity contribution in [1.82, 2.24) is 4.90 Å². The summed E-state index contributed by atoms with van der Waals surface area (Å²) in [7, 11) is 1.68. The van der Waals surface area contributed by atoms with Crippen molar-refractivity contribution in [2.75, 3.05) is 26.8 Å². The Labute approximate surface area is 126 Å². The quantitative estimate of drug-likeness (QED) is 0.783. The molecule has 120 valence electrons. The van der Waals surface area contributed by atoms with Crippen LogP contribution < -0.4 is 0 Å². The number of methoxy groups -OCH3 is 1.